The average molecular weight is 283 g/mol. The topological polar surface area (TPSA) is 46.6 Å². The fraction of sp³-hybridized carbons (Fsp3) is 0.333. The van der Waals surface area contributed by atoms with Gasteiger partial charge in [-0.2, -0.15) is 0 Å². The Morgan fingerprint density at radius 1 is 1.44 bits per heavy atom. The molecular weight excluding hydrogens is 270 g/mol. The lowest BCUT2D eigenvalue weighted by molar-refractivity contribution is -0.122. The van der Waals surface area contributed by atoms with Crippen LogP contribution in [0.1, 0.15) is 11.3 Å². The molecule has 18 heavy (non-hydrogen) atoms. The minimum atomic E-state index is -0.200. The minimum absolute atomic E-state index is 0.195. The second-order valence-corrected chi connectivity index (χ2v) is 5.67. The molecular formula is C12H13NO3S2. The van der Waals surface area contributed by atoms with Crippen LogP contribution in [0.2, 0.25) is 0 Å². The summed E-state index contributed by atoms with van der Waals surface area (Å²) in [7, 11) is 1.60. The number of amides is 2. The Bertz CT molecular complexity index is 468. The molecule has 1 fully saturated rings. The summed E-state index contributed by atoms with van der Waals surface area (Å²) in [6, 6.07) is 3.84. The Morgan fingerprint density at radius 3 is 2.94 bits per heavy atom. The Labute approximate surface area is 114 Å². The van der Waals surface area contributed by atoms with Gasteiger partial charge in [0.1, 0.15) is 0 Å². The molecule has 0 spiro atoms. The van der Waals surface area contributed by atoms with Gasteiger partial charge in [0.15, 0.2) is 0 Å². The molecule has 6 heteroatoms. The molecule has 2 heterocycles. The van der Waals surface area contributed by atoms with Crippen molar-refractivity contribution >= 4 is 40.3 Å². The van der Waals surface area contributed by atoms with Gasteiger partial charge in [0.25, 0.3) is 11.1 Å². The van der Waals surface area contributed by atoms with Crippen LogP contribution in [-0.4, -0.2) is 36.3 Å². The second-order valence-electron chi connectivity index (χ2n) is 3.70. The summed E-state index contributed by atoms with van der Waals surface area (Å²) in [6.45, 7) is 0.964. The van der Waals surface area contributed by atoms with Gasteiger partial charge in [-0.3, -0.25) is 14.5 Å². The van der Waals surface area contributed by atoms with Gasteiger partial charge in [0.2, 0.25) is 0 Å². The maximum atomic E-state index is 12.0. The van der Waals surface area contributed by atoms with E-state index in [0.29, 0.717) is 24.5 Å². The molecule has 0 radical (unpaired) electrons. The van der Waals surface area contributed by atoms with E-state index in [-0.39, 0.29) is 11.1 Å². The monoisotopic (exact) mass is 283 g/mol. The van der Waals surface area contributed by atoms with Crippen LogP contribution >= 0.6 is 23.1 Å². The first-order valence-corrected chi connectivity index (χ1v) is 7.20. The maximum absolute atomic E-state index is 12.0. The van der Waals surface area contributed by atoms with Crippen molar-refractivity contribution in [3.63, 3.8) is 0 Å². The third kappa shape index (κ3) is 3.01. The van der Waals surface area contributed by atoms with Crippen molar-refractivity contribution in [2.24, 2.45) is 0 Å². The van der Waals surface area contributed by atoms with E-state index in [9.17, 15) is 9.59 Å². The van der Waals surface area contributed by atoms with E-state index in [1.165, 1.54) is 4.90 Å². The Balaban J connectivity index is 2.04. The Kier molecular flexibility index (Phi) is 4.57. The summed E-state index contributed by atoms with van der Waals surface area (Å²) >= 11 is 2.55. The number of hydrogen-bond donors (Lipinski definition) is 0. The number of methoxy groups -OCH3 is 1. The van der Waals surface area contributed by atoms with Crippen LogP contribution in [-0.2, 0) is 9.53 Å². The highest BCUT2D eigenvalue weighted by molar-refractivity contribution is 8.18. The molecule has 1 saturated heterocycles. The van der Waals surface area contributed by atoms with Gasteiger partial charge in [-0.1, -0.05) is 6.07 Å². The molecule has 1 aromatic rings. The van der Waals surface area contributed by atoms with Crippen molar-refractivity contribution in [1.82, 2.24) is 4.90 Å². The highest BCUT2D eigenvalue weighted by Gasteiger charge is 2.34. The minimum Gasteiger partial charge on any atom is -0.385 e. The number of hydrogen-bond acceptors (Lipinski definition) is 5. The molecule has 0 saturated carbocycles. The van der Waals surface area contributed by atoms with E-state index in [1.54, 1.807) is 24.5 Å². The molecule has 1 aromatic heterocycles. The van der Waals surface area contributed by atoms with Crippen molar-refractivity contribution in [1.29, 1.82) is 0 Å². The van der Waals surface area contributed by atoms with E-state index in [0.717, 1.165) is 16.6 Å². The first-order chi connectivity index (χ1) is 8.72. The average Bonchev–Trinajstić information content (AvgIpc) is 2.93. The smallest absolute Gasteiger partial charge is 0.293 e. The Morgan fingerprint density at radius 2 is 2.28 bits per heavy atom. The van der Waals surface area contributed by atoms with Crippen LogP contribution in [0.25, 0.3) is 6.08 Å². The molecule has 0 N–H and O–H groups in total. The molecule has 0 aromatic carbocycles. The molecule has 1 aliphatic rings. The van der Waals surface area contributed by atoms with Gasteiger partial charge in [0.05, 0.1) is 4.91 Å². The zero-order valence-corrected chi connectivity index (χ0v) is 11.6. The highest BCUT2D eigenvalue weighted by Crippen LogP contribution is 2.32. The summed E-state index contributed by atoms with van der Waals surface area (Å²) in [5.74, 6) is -0.200. The molecule has 0 bridgehead atoms. The number of thioether (sulfide) groups is 1. The second kappa shape index (κ2) is 6.17. The van der Waals surface area contributed by atoms with E-state index in [4.69, 9.17) is 4.74 Å². The zero-order valence-electron chi connectivity index (χ0n) is 9.92. The van der Waals surface area contributed by atoms with Crippen LogP contribution < -0.4 is 0 Å². The van der Waals surface area contributed by atoms with Crippen molar-refractivity contribution in [2.45, 2.75) is 6.42 Å². The molecule has 0 unspecified atom stereocenters. The van der Waals surface area contributed by atoms with Crippen LogP contribution in [0.15, 0.2) is 22.4 Å². The molecule has 2 rings (SSSR count). The SMILES string of the molecule is COCCCN1C(=O)S/C(=C\c2cccs2)C1=O. The molecule has 0 aliphatic carbocycles. The van der Waals surface area contributed by atoms with Crippen molar-refractivity contribution in [3.05, 3.63) is 27.3 Å². The lowest BCUT2D eigenvalue weighted by atomic mass is 10.3. The summed E-state index contributed by atoms with van der Waals surface area (Å²) in [5.41, 5.74) is 0. The molecule has 2 amide bonds. The number of nitrogens with zero attached hydrogens (tertiary/aromatic N) is 1. The normalized spacial score (nSPS) is 18.1. The van der Waals surface area contributed by atoms with Crippen LogP contribution in [0, 0.1) is 0 Å². The van der Waals surface area contributed by atoms with Crippen LogP contribution in [0.5, 0.6) is 0 Å². The number of rotatable bonds is 5. The number of carbonyl (C=O) groups excluding carboxylic acids is 2. The molecule has 1 aliphatic heterocycles. The number of carbonyl (C=O) groups is 2. The predicted molar refractivity (Wildman–Crippen MR) is 73.5 cm³/mol. The molecule has 96 valence electrons. The van der Waals surface area contributed by atoms with E-state index in [1.807, 2.05) is 17.5 Å². The van der Waals surface area contributed by atoms with Gasteiger partial charge >= 0.3 is 0 Å². The maximum Gasteiger partial charge on any atom is 0.293 e. The highest BCUT2D eigenvalue weighted by atomic mass is 32.2. The molecule has 0 atom stereocenters. The standard InChI is InChI=1S/C12H13NO3S2/c1-16-6-3-5-13-11(14)10(18-12(13)15)8-9-4-2-7-17-9/h2,4,7-8H,3,5-6H2,1H3/b10-8-. The quantitative estimate of drug-likeness (QED) is 0.616. The third-order valence-corrected chi connectivity index (χ3v) is 4.15. The van der Waals surface area contributed by atoms with Crippen molar-refractivity contribution in [2.75, 3.05) is 20.3 Å². The largest absolute Gasteiger partial charge is 0.385 e. The van der Waals surface area contributed by atoms with Crippen LogP contribution in [0.4, 0.5) is 4.79 Å². The van der Waals surface area contributed by atoms with Crippen molar-refractivity contribution < 1.29 is 14.3 Å². The fourth-order valence-electron chi connectivity index (χ4n) is 1.56. The fourth-order valence-corrected chi connectivity index (χ4v) is 3.15. The summed E-state index contributed by atoms with van der Waals surface area (Å²) in [5, 5.41) is 1.74. The first kappa shape index (κ1) is 13.3. The van der Waals surface area contributed by atoms with Gasteiger partial charge < -0.3 is 4.74 Å². The summed E-state index contributed by atoms with van der Waals surface area (Å²) in [6.07, 6.45) is 2.44. The number of ether oxygens (including phenoxy) is 1. The van der Waals surface area contributed by atoms with Gasteiger partial charge in [-0.15, -0.1) is 11.3 Å². The van der Waals surface area contributed by atoms with Gasteiger partial charge in [-0.05, 0) is 35.7 Å². The van der Waals surface area contributed by atoms with Gasteiger partial charge in [0, 0.05) is 25.1 Å². The summed E-state index contributed by atoms with van der Waals surface area (Å²) in [4.78, 5) is 26.5. The number of thiophene rings is 1. The first-order valence-electron chi connectivity index (χ1n) is 5.50. The van der Waals surface area contributed by atoms with Gasteiger partial charge in [-0.25, -0.2) is 0 Å². The number of imide groups is 1. The van der Waals surface area contributed by atoms with Crippen LogP contribution in [0.3, 0.4) is 0 Å². The van der Waals surface area contributed by atoms with E-state index >= 15 is 0 Å². The van der Waals surface area contributed by atoms with E-state index in [2.05, 4.69) is 0 Å². The zero-order chi connectivity index (χ0) is 13.0. The molecule has 4 nitrogen and oxygen atoms in total. The third-order valence-electron chi connectivity index (χ3n) is 2.42. The lowest BCUT2D eigenvalue weighted by Gasteiger charge is -2.11. The predicted octanol–water partition coefficient (Wildman–Crippen LogP) is 2.82. The van der Waals surface area contributed by atoms with E-state index < -0.39 is 0 Å². The van der Waals surface area contributed by atoms with Crippen molar-refractivity contribution in [3.8, 4) is 0 Å². The lowest BCUT2D eigenvalue weighted by Crippen LogP contribution is -2.29. The Hall–Kier alpha value is -1.11. The summed E-state index contributed by atoms with van der Waals surface area (Å²) < 4.78 is 4.92.